The minimum absolute atomic E-state index is 0.0582. The van der Waals surface area contributed by atoms with Crippen LogP contribution in [0.3, 0.4) is 0 Å². The number of hydrogen-bond acceptors (Lipinski definition) is 7. The van der Waals surface area contributed by atoms with E-state index in [4.69, 9.17) is 9.15 Å². The van der Waals surface area contributed by atoms with Gasteiger partial charge in [-0.3, -0.25) is 4.79 Å². The highest BCUT2D eigenvalue weighted by Gasteiger charge is 2.37. The molecule has 2 N–H and O–H groups in total. The van der Waals surface area contributed by atoms with Crippen molar-refractivity contribution in [2.45, 2.75) is 19.4 Å². The molecule has 1 amide bonds. The summed E-state index contributed by atoms with van der Waals surface area (Å²) in [5.41, 5.74) is 2.68. The van der Waals surface area contributed by atoms with Crippen molar-refractivity contribution in [2.75, 3.05) is 11.1 Å². The second kappa shape index (κ2) is 11.8. The molecule has 1 aliphatic rings. The number of hydrogen-bond donors (Lipinski definition) is 2. The van der Waals surface area contributed by atoms with Crippen LogP contribution in [0, 0.1) is 11.3 Å². The lowest BCUT2D eigenvalue weighted by Crippen LogP contribution is -2.29. The van der Waals surface area contributed by atoms with Gasteiger partial charge in [0.2, 0.25) is 5.91 Å². The number of nitrogens with one attached hydrogen (secondary N) is 2. The van der Waals surface area contributed by atoms with Gasteiger partial charge in [-0.05, 0) is 36.1 Å². The topological polar surface area (TPSA) is 104 Å². The highest BCUT2D eigenvalue weighted by molar-refractivity contribution is 8.03. The highest BCUT2D eigenvalue weighted by atomic mass is 32.2. The maximum Gasteiger partial charge on any atom is 0.337 e. The summed E-state index contributed by atoms with van der Waals surface area (Å²) in [5.74, 6) is -1.03. The van der Waals surface area contributed by atoms with E-state index in [1.165, 1.54) is 18.0 Å². The van der Waals surface area contributed by atoms with Crippen molar-refractivity contribution in [3.63, 3.8) is 0 Å². The van der Waals surface area contributed by atoms with Crippen LogP contribution >= 0.6 is 11.8 Å². The average Bonchev–Trinajstić information content (AvgIpc) is 3.50. The van der Waals surface area contributed by atoms with Crippen molar-refractivity contribution < 1.29 is 18.7 Å². The zero-order valence-corrected chi connectivity index (χ0v) is 22.0. The van der Waals surface area contributed by atoms with Crippen molar-refractivity contribution >= 4 is 40.1 Å². The number of fused-ring (bicyclic) bond motifs is 1. The number of amides is 1. The number of esters is 1. The molecule has 2 heterocycles. The summed E-state index contributed by atoms with van der Waals surface area (Å²) in [6.07, 6.45) is 1.50. The third-order valence-electron chi connectivity index (χ3n) is 6.32. The molecule has 0 fully saturated rings. The molecule has 8 heteroatoms. The van der Waals surface area contributed by atoms with Crippen molar-refractivity contribution in [1.29, 1.82) is 5.26 Å². The number of dihydropyridines is 1. The van der Waals surface area contributed by atoms with Crippen molar-refractivity contribution in [3.8, 4) is 6.07 Å². The molecule has 0 bridgehead atoms. The Bertz CT molecular complexity index is 1610. The van der Waals surface area contributed by atoms with E-state index < -0.39 is 11.9 Å². The molecule has 7 nitrogen and oxygen atoms in total. The first-order valence-corrected chi connectivity index (χ1v) is 13.3. The molecule has 3 aromatic carbocycles. The number of anilines is 1. The molecule has 0 unspecified atom stereocenters. The van der Waals surface area contributed by atoms with E-state index in [0.29, 0.717) is 22.1 Å². The minimum Gasteiger partial charge on any atom is -0.468 e. The summed E-state index contributed by atoms with van der Waals surface area (Å²) < 4.78 is 11.3. The number of carbonyl (C=O) groups excluding carboxylic acids is 2. The second-order valence-electron chi connectivity index (χ2n) is 8.89. The van der Waals surface area contributed by atoms with Gasteiger partial charge < -0.3 is 19.8 Å². The molecule has 0 saturated carbocycles. The summed E-state index contributed by atoms with van der Waals surface area (Å²) in [6, 6.07) is 28.6. The lowest BCUT2D eigenvalue weighted by atomic mass is 9.86. The molecular weight excluding hydrogens is 510 g/mol. The van der Waals surface area contributed by atoms with Gasteiger partial charge in [-0.25, -0.2) is 4.79 Å². The number of rotatable bonds is 8. The van der Waals surface area contributed by atoms with Crippen LogP contribution in [-0.4, -0.2) is 17.6 Å². The van der Waals surface area contributed by atoms with E-state index in [-0.39, 0.29) is 23.8 Å². The third kappa shape index (κ3) is 5.74. The Morgan fingerprint density at radius 3 is 2.56 bits per heavy atom. The van der Waals surface area contributed by atoms with Crippen LogP contribution in [0.2, 0.25) is 0 Å². The predicted octanol–water partition coefficient (Wildman–Crippen LogP) is 6.24. The van der Waals surface area contributed by atoms with Gasteiger partial charge in [-0.15, -0.1) is 0 Å². The second-order valence-corrected chi connectivity index (χ2v) is 9.88. The molecule has 4 aromatic rings. The molecule has 0 saturated heterocycles. The third-order valence-corrected chi connectivity index (χ3v) is 7.34. The van der Waals surface area contributed by atoms with Crippen molar-refractivity contribution in [1.82, 2.24) is 5.32 Å². The van der Waals surface area contributed by atoms with Crippen molar-refractivity contribution in [3.05, 3.63) is 124 Å². The number of carbonyl (C=O) groups is 2. The van der Waals surface area contributed by atoms with Crippen LogP contribution in [0.25, 0.3) is 10.8 Å². The summed E-state index contributed by atoms with van der Waals surface area (Å²) in [5, 5.41) is 18.8. The van der Waals surface area contributed by atoms with Gasteiger partial charge >= 0.3 is 5.97 Å². The fraction of sp³-hybridized carbons (Fsp3) is 0.129. The van der Waals surface area contributed by atoms with Gasteiger partial charge in [0.05, 0.1) is 40.2 Å². The van der Waals surface area contributed by atoms with Crippen molar-refractivity contribution in [2.24, 2.45) is 0 Å². The molecule has 1 aliphatic heterocycles. The molecular formula is C31H25N3O4S. The monoisotopic (exact) mass is 535 g/mol. The van der Waals surface area contributed by atoms with E-state index in [0.717, 1.165) is 22.0 Å². The van der Waals surface area contributed by atoms with Gasteiger partial charge in [0.15, 0.2) is 0 Å². The first-order chi connectivity index (χ1) is 19.0. The number of nitrogens with zero attached hydrogens (tertiary/aromatic N) is 1. The fourth-order valence-electron chi connectivity index (χ4n) is 4.50. The van der Waals surface area contributed by atoms with Crippen LogP contribution in [0.1, 0.15) is 24.2 Å². The van der Waals surface area contributed by atoms with Crippen LogP contribution < -0.4 is 10.6 Å². The van der Waals surface area contributed by atoms with E-state index in [2.05, 4.69) is 16.7 Å². The van der Waals surface area contributed by atoms with E-state index in [1.807, 2.05) is 72.8 Å². The van der Waals surface area contributed by atoms with Gasteiger partial charge in [-0.2, -0.15) is 5.26 Å². The van der Waals surface area contributed by atoms with Crippen LogP contribution in [0.15, 0.2) is 117 Å². The zero-order valence-electron chi connectivity index (χ0n) is 21.1. The summed E-state index contributed by atoms with van der Waals surface area (Å²) >= 11 is 1.20. The van der Waals surface area contributed by atoms with Crippen LogP contribution in [0.5, 0.6) is 0 Å². The largest absolute Gasteiger partial charge is 0.468 e. The number of allylic oxidation sites excluding steroid dienone is 2. The average molecular weight is 536 g/mol. The van der Waals surface area contributed by atoms with Gasteiger partial charge in [0.25, 0.3) is 0 Å². The number of benzene rings is 3. The Hall–Kier alpha value is -4.74. The molecule has 39 heavy (non-hydrogen) atoms. The Morgan fingerprint density at radius 2 is 1.79 bits per heavy atom. The normalized spacial score (nSPS) is 15.0. The van der Waals surface area contributed by atoms with Crippen LogP contribution in [0.4, 0.5) is 5.69 Å². The molecule has 1 aromatic heterocycles. The maximum absolute atomic E-state index is 13.3. The lowest BCUT2D eigenvalue weighted by molar-refractivity contribution is -0.140. The predicted molar refractivity (Wildman–Crippen MR) is 151 cm³/mol. The Morgan fingerprint density at radius 1 is 1.03 bits per heavy atom. The lowest BCUT2D eigenvalue weighted by Gasteiger charge is -2.28. The Balaban J connectivity index is 1.35. The Labute approximate surface area is 230 Å². The van der Waals surface area contributed by atoms with E-state index in [1.54, 1.807) is 19.1 Å². The molecule has 0 aliphatic carbocycles. The molecule has 194 valence electrons. The molecule has 5 rings (SSSR count). The molecule has 0 radical (unpaired) electrons. The van der Waals surface area contributed by atoms with E-state index in [9.17, 15) is 14.9 Å². The number of nitriles is 1. The first kappa shape index (κ1) is 25.9. The minimum atomic E-state index is -0.766. The fourth-order valence-corrected chi connectivity index (χ4v) is 5.39. The molecule has 0 spiro atoms. The first-order valence-electron chi connectivity index (χ1n) is 12.3. The number of ether oxygens (including phenoxy) is 1. The quantitative estimate of drug-likeness (QED) is 0.257. The standard InChI is InChI=1S/C31H25N3O4S/c1-20-28(31(36)38-18-21-9-3-2-4-10-21)29(26-15-8-16-37-26)24(17-32)30(33-20)39-19-27(35)34-25-14-7-12-22-11-5-6-13-23(22)25/h2-16,29,33H,18-19H2,1H3,(H,34,35)/t29-/m0/s1. The summed E-state index contributed by atoms with van der Waals surface area (Å²) in [4.78, 5) is 26.2. The smallest absolute Gasteiger partial charge is 0.337 e. The van der Waals surface area contributed by atoms with Gasteiger partial charge in [0, 0.05) is 16.8 Å². The summed E-state index contributed by atoms with van der Waals surface area (Å²) in [6.45, 7) is 1.85. The van der Waals surface area contributed by atoms with Crippen LogP contribution in [-0.2, 0) is 20.9 Å². The Kier molecular flexibility index (Phi) is 7.80. The van der Waals surface area contributed by atoms with E-state index >= 15 is 0 Å². The number of furan rings is 1. The van der Waals surface area contributed by atoms with Gasteiger partial charge in [0.1, 0.15) is 12.4 Å². The highest BCUT2D eigenvalue weighted by Crippen LogP contribution is 2.41. The molecule has 1 atom stereocenters. The summed E-state index contributed by atoms with van der Waals surface area (Å²) in [7, 11) is 0. The SMILES string of the molecule is CC1=C(C(=O)OCc2ccccc2)[C@H](c2ccco2)C(C#N)=C(SCC(=O)Nc2cccc3ccccc23)N1. The zero-order chi connectivity index (χ0) is 27.2. The maximum atomic E-state index is 13.3. The van der Waals surface area contributed by atoms with Gasteiger partial charge in [-0.1, -0.05) is 78.5 Å². The number of thioether (sulfide) groups is 1.